The van der Waals surface area contributed by atoms with Crippen molar-refractivity contribution < 1.29 is 9.84 Å². The van der Waals surface area contributed by atoms with Crippen LogP contribution in [0.5, 0.6) is 11.5 Å². The summed E-state index contributed by atoms with van der Waals surface area (Å²) >= 11 is 2.20. The Morgan fingerprint density at radius 1 is 0.900 bits per heavy atom. The van der Waals surface area contributed by atoms with Gasteiger partial charge in [-0.25, -0.2) is 0 Å². The van der Waals surface area contributed by atoms with Gasteiger partial charge in [-0.3, -0.25) is 0 Å². The fourth-order valence-electron chi connectivity index (χ4n) is 2.12. The van der Waals surface area contributed by atoms with Crippen LogP contribution in [-0.4, -0.2) is 5.11 Å². The third-order valence-corrected chi connectivity index (χ3v) is 4.39. The van der Waals surface area contributed by atoms with E-state index in [-0.39, 0.29) is 6.61 Å². The molecule has 1 N–H and O–H groups in total. The third-order valence-electron chi connectivity index (χ3n) is 3.16. The molecule has 0 aliphatic carbocycles. The van der Waals surface area contributed by atoms with Crippen molar-refractivity contribution in [2.45, 2.75) is 6.61 Å². The average Bonchev–Trinajstić information content (AvgIpc) is 2.49. The lowest BCUT2D eigenvalue weighted by Crippen LogP contribution is -1.93. The summed E-state index contributed by atoms with van der Waals surface area (Å²) in [5.74, 6) is 1.57. The van der Waals surface area contributed by atoms with E-state index in [1.807, 2.05) is 48.5 Å². The molecule has 3 aromatic carbocycles. The first-order valence-corrected chi connectivity index (χ1v) is 7.41. The van der Waals surface area contributed by atoms with Crippen LogP contribution in [0.3, 0.4) is 0 Å². The van der Waals surface area contributed by atoms with Gasteiger partial charge in [-0.15, -0.1) is 0 Å². The molecule has 0 fully saturated rings. The fourth-order valence-corrected chi connectivity index (χ4v) is 2.76. The largest absolute Gasteiger partial charge is 0.456 e. The van der Waals surface area contributed by atoms with Gasteiger partial charge in [0.2, 0.25) is 0 Å². The monoisotopic (exact) mass is 376 g/mol. The van der Waals surface area contributed by atoms with Gasteiger partial charge in [0, 0.05) is 0 Å². The van der Waals surface area contributed by atoms with E-state index in [0.717, 1.165) is 26.0 Å². The SMILES string of the molecule is OCc1cccc(Oc2ccc3ccccc3c2)c1I. The molecule has 0 bridgehead atoms. The summed E-state index contributed by atoms with van der Waals surface area (Å²) in [6.45, 7) is 0.0210. The van der Waals surface area contributed by atoms with Crippen molar-refractivity contribution in [1.82, 2.24) is 0 Å². The zero-order valence-corrected chi connectivity index (χ0v) is 12.9. The van der Waals surface area contributed by atoms with Crippen LogP contribution in [0.2, 0.25) is 0 Å². The highest BCUT2D eigenvalue weighted by molar-refractivity contribution is 14.1. The van der Waals surface area contributed by atoms with Crippen molar-refractivity contribution >= 4 is 33.4 Å². The van der Waals surface area contributed by atoms with Crippen molar-refractivity contribution in [2.75, 3.05) is 0 Å². The number of aliphatic hydroxyl groups is 1. The Labute approximate surface area is 131 Å². The van der Waals surface area contributed by atoms with E-state index in [2.05, 4.69) is 34.7 Å². The maximum Gasteiger partial charge on any atom is 0.141 e. The smallest absolute Gasteiger partial charge is 0.141 e. The molecule has 0 heterocycles. The lowest BCUT2D eigenvalue weighted by atomic mass is 10.1. The highest BCUT2D eigenvalue weighted by Gasteiger charge is 2.07. The van der Waals surface area contributed by atoms with E-state index < -0.39 is 0 Å². The number of ether oxygens (including phenoxy) is 1. The summed E-state index contributed by atoms with van der Waals surface area (Å²) in [7, 11) is 0. The van der Waals surface area contributed by atoms with E-state index in [0.29, 0.717) is 0 Å². The first-order chi connectivity index (χ1) is 9.78. The minimum atomic E-state index is 0.0210. The summed E-state index contributed by atoms with van der Waals surface area (Å²) in [6.07, 6.45) is 0. The zero-order chi connectivity index (χ0) is 13.9. The lowest BCUT2D eigenvalue weighted by Gasteiger charge is -2.10. The van der Waals surface area contributed by atoms with E-state index in [4.69, 9.17) is 4.74 Å². The first-order valence-electron chi connectivity index (χ1n) is 6.33. The predicted octanol–water partition coefficient (Wildman–Crippen LogP) is 4.73. The molecule has 2 nitrogen and oxygen atoms in total. The van der Waals surface area contributed by atoms with Gasteiger partial charge >= 0.3 is 0 Å². The van der Waals surface area contributed by atoms with Gasteiger partial charge in [0.1, 0.15) is 11.5 Å². The molecule has 0 aliphatic heterocycles. The van der Waals surface area contributed by atoms with Gasteiger partial charge in [0.15, 0.2) is 0 Å². The Balaban J connectivity index is 1.97. The molecule has 3 rings (SSSR count). The van der Waals surface area contributed by atoms with E-state index in [1.165, 1.54) is 5.39 Å². The molecule has 20 heavy (non-hydrogen) atoms. The van der Waals surface area contributed by atoms with Crippen LogP contribution in [0.1, 0.15) is 5.56 Å². The summed E-state index contributed by atoms with van der Waals surface area (Å²) < 4.78 is 6.89. The van der Waals surface area contributed by atoms with E-state index in [9.17, 15) is 5.11 Å². The maximum absolute atomic E-state index is 9.29. The molecular weight excluding hydrogens is 363 g/mol. The molecule has 0 atom stereocenters. The van der Waals surface area contributed by atoms with Gasteiger partial charge in [-0.2, -0.15) is 0 Å². The molecule has 3 aromatic rings. The van der Waals surface area contributed by atoms with Crippen molar-refractivity contribution in [3.63, 3.8) is 0 Å². The van der Waals surface area contributed by atoms with Gasteiger partial charge in [0.25, 0.3) is 0 Å². The minimum absolute atomic E-state index is 0.0210. The van der Waals surface area contributed by atoms with Crippen LogP contribution < -0.4 is 4.74 Å². The second kappa shape index (κ2) is 5.81. The summed E-state index contributed by atoms with van der Waals surface area (Å²) in [5, 5.41) is 11.6. The molecule has 0 aliphatic rings. The molecule has 100 valence electrons. The number of halogens is 1. The normalized spacial score (nSPS) is 10.7. The number of hydrogen-bond donors (Lipinski definition) is 1. The number of fused-ring (bicyclic) bond motifs is 1. The lowest BCUT2D eigenvalue weighted by molar-refractivity contribution is 0.280. The molecule has 0 amide bonds. The van der Waals surface area contributed by atoms with Gasteiger partial charge in [0.05, 0.1) is 10.2 Å². The van der Waals surface area contributed by atoms with Crippen LogP contribution in [0, 0.1) is 3.57 Å². The standard InChI is InChI=1S/C17H13IO2/c18-17-14(11-19)6-3-7-16(17)20-15-9-8-12-4-1-2-5-13(12)10-15/h1-10,19H,11H2. The fraction of sp³-hybridized carbons (Fsp3) is 0.0588. The van der Waals surface area contributed by atoms with Crippen molar-refractivity contribution in [3.8, 4) is 11.5 Å². The Bertz CT molecular complexity index is 753. The van der Waals surface area contributed by atoms with Gasteiger partial charge in [-0.1, -0.05) is 42.5 Å². The molecule has 0 saturated heterocycles. The highest BCUT2D eigenvalue weighted by atomic mass is 127. The predicted molar refractivity (Wildman–Crippen MR) is 89.1 cm³/mol. The molecule has 3 heteroatoms. The van der Waals surface area contributed by atoms with Crippen LogP contribution >= 0.6 is 22.6 Å². The van der Waals surface area contributed by atoms with Crippen LogP contribution in [-0.2, 0) is 6.61 Å². The second-order valence-corrected chi connectivity index (χ2v) is 5.58. The van der Waals surface area contributed by atoms with E-state index in [1.54, 1.807) is 0 Å². The Morgan fingerprint density at radius 3 is 2.50 bits per heavy atom. The molecule has 0 radical (unpaired) electrons. The zero-order valence-electron chi connectivity index (χ0n) is 10.7. The second-order valence-electron chi connectivity index (χ2n) is 4.50. The topological polar surface area (TPSA) is 29.5 Å². The summed E-state index contributed by atoms with van der Waals surface area (Å²) in [4.78, 5) is 0. The molecule has 0 aromatic heterocycles. The minimum Gasteiger partial charge on any atom is -0.456 e. The van der Waals surface area contributed by atoms with Crippen LogP contribution in [0.4, 0.5) is 0 Å². The van der Waals surface area contributed by atoms with Crippen molar-refractivity contribution in [1.29, 1.82) is 0 Å². The van der Waals surface area contributed by atoms with Gasteiger partial charge < -0.3 is 9.84 Å². The number of rotatable bonds is 3. The van der Waals surface area contributed by atoms with Crippen molar-refractivity contribution in [2.24, 2.45) is 0 Å². The van der Waals surface area contributed by atoms with Crippen LogP contribution in [0.25, 0.3) is 10.8 Å². The molecule has 0 saturated carbocycles. The summed E-state index contributed by atoms with van der Waals surface area (Å²) in [6, 6.07) is 19.9. The maximum atomic E-state index is 9.29. The Morgan fingerprint density at radius 2 is 1.70 bits per heavy atom. The third kappa shape index (κ3) is 2.64. The van der Waals surface area contributed by atoms with Crippen LogP contribution in [0.15, 0.2) is 60.7 Å². The van der Waals surface area contributed by atoms with E-state index >= 15 is 0 Å². The van der Waals surface area contributed by atoms with Gasteiger partial charge in [-0.05, 0) is 57.1 Å². The number of hydrogen-bond acceptors (Lipinski definition) is 2. The number of aliphatic hydroxyl groups excluding tert-OH is 1. The molecular formula is C17H13IO2. The molecule has 0 spiro atoms. The Kier molecular flexibility index (Phi) is 3.89. The number of benzene rings is 3. The first kappa shape index (κ1) is 13.4. The summed E-state index contributed by atoms with van der Waals surface area (Å²) in [5.41, 5.74) is 0.879. The Hall–Kier alpha value is -1.59. The quantitative estimate of drug-likeness (QED) is 0.670. The molecule has 0 unspecified atom stereocenters. The van der Waals surface area contributed by atoms with Crippen molar-refractivity contribution in [3.05, 3.63) is 69.8 Å². The average molecular weight is 376 g/mol. The highest BCUT2D eigenvalue weighted by Crippen LogP contribution is 2.30.